The predicted molar refractivity (Wildman–Crippen MR) is 78.8 cm³/mol. The molecular weight excluding hydrogens is 279 g/mol. The topological polar surface area (TPSA) is 47.3 Å². The number of hydrazine groups is 1. The molecule has 0 saturated carbocycles. The van der Waals surface area contributed by atoms with Crippen molar-refractivity contribution in [3.05, 3.63) is 34.6 Å². The Morgan fingerprint density at radius 2 is 2.05 bits per heavy atom. The maximum Gasteiger partial charge on any atom is 0.141 e. The zero-order valence-electron chi connectivity index (χ0n) is 12.3. The molecule has 112 valence electrons. The van der Waals surface area contributed by atoms with E-state index < -0.39 is 5.82 Å². The fourth-order valence-electron chi connectivity index (χ4n) is 3.27. The van der Waals surface area contributed by atoms with E-state index >= 15 is 0 Å². The van der Waals surface area contributed by atoms with E-state index in [9.17, 15) is 4.39 Å². The number of halogens is 2. The van der Waals surface area contributed by atoms with Gasteiger partial charge in [-0.1, -0.05) is 17.7 Å². The minimum atomic E-state index is -0.423. The van der Waals surface area contributed by atoms with Crippen LogP contribution in [0.1, 0.15) is 45.7 Å². The van der Waals surface area contributed by atoms with E-state index in [1.165, 1.54) is 6.07 Å². The number of benzene rings is 1. The first-order chi connectivity index (χ1) is 9.16. The summed E-state index contributed by atoms with van der Waals surface area (Å²) in [4.78, 5) is 0. The molecule has 1 aromatic carbocycles. The first kappa shape index (κ1) is 15.7. The number of hydrogen-bond donors (Lipinski definition) is 2. The molecule has 1 saturated heterocycles. The molecule has 2 rings (SSSR count). The Morgan fingerprint density at radius 1 is 1.40 bits per heavy atom. The van der Waals surface area contributed by atoms with E-state index in [1.807, 2.05) is 0 Å². The van der Waals surface area contributed by atoms with Crippen LogP contribution >= 0.6 is 11.6 Å². The third-order valence-electron chi connectivity index (χ3n) is 4.03. The van der Waals surface area contributed by atoms with Crippen LogP contribution in [0.3, 0.4) is 0 Å². The summed E-state index contributed by atoms with van der Waals surface area (Å²) in [5.41, 5.74) is 3.19. The molecule has 1 heterocycles. The van der Waals surface area contributed by atoms with Gasteiger partial charge in [0.2, 0.25) is 0 Å². The van der Waals surface area contributed by atoms with Gasteiger partial charge in [0, 0.05) is 5.92 Å². The van der Waals surface area contributed by atoms with Crippen molar-refractivity contribution in [2.75, 3.05) is 0 Å². The van der Waals surface area contributed by atoms with Gasteiger partial charge < -0.3 is 4.74 Å². The third kappa shape index (κ3) is 2.98. The van der Waals surface area contributed by atoms with Crippen molar-refractivity contribution in [3.8, 4) is 0 Å². The van der Waals surface area contributed by atoms with Gasteiger partial charge >= 0.3 is 0 Å². The van der Waals surface area contributed by atoms with E-state index in [4.69, 9.17) is 22.2 Å². The van der Waals surface area contributed by atoms with Crippen molar-refractivity contribution >= 4 is 11.6 Å². The SMILES string of the molecule is CC1(C)CC(C(NN)c2ccc(F)c(Cl)c2)C(C)(C)O1. The van der Waals surface area contributed by atoms with Gasteiger partial charge in [0.05, 0.1) is 22.3 Å². The summed E-state index contributed by atoms with van der Waals surface area (Å²) >= 11 is 5.87. The zero-order chi connectivity index (χ0) is 15.1. The van der Waals surface area contributed by atoms with Crippen molar-refractivity contribution < 1.29 is 9.13 Å². The summed E-state index contributed by atoms with van der Waals surface area (Å²) < 4.78 is 19.4. The van der Waals surface area contributed by atoms with Crippen LogP contribution in [-0.4, -0.2) is 11.2 Å². The van der Waals surface area contributed by atoms with Crippen LogP contribution in [0.25, 0.3) is 0 Å². The maximum absolute atomic E-state index is 13.3. The normalized spacial score (nSPS) is 25.6. The smallest absolute Gasteiger partial charge is 0.141 e. The first-order valence-electron chi connectivity index (χ1n) is 6.77. The Labute approximate surface area is 124 Å². The lowest BCUT2D eigenvalue weighted by atomic mass is 9.79. The maximum atomic E-state index is 13.3. The van der Waals surface area contributed by atoms with Crippen LogP contribution in [0.4, 0.5) is 4.39 Å². The van der Waals surface area contributed by atoms with Gasteiger partial charge in [0.25, 0.3) is 0 Å². The first-order valence-corrected chi connectivity index (χ1v) is 7.15. The Kier molecular flexibility index (Phi) is 4.13. The van der Waals surface area contributed by atoms with Crippen molar-refractivity contribution in [3.63, 3.8) is 0 Å². The van der Waals surface area contributed by atoms with Gasteiger partial charge in [0.15, 0.2) is 0 Å². The molecule has 0 spiro atoms. The summed E-state index contributed by atoms with van der Waals surface area (Å²) in [7, 11) is 0. The molecule has 20 heavy (non-hydrogen) atoms. The van der Waals surface area contributed by atoms with Gasteiger partial charge in [-0.2, -0.15) is 0 Å². The molecule has 0 aliphatic carbocycles. The highest BCUT2D eigenvalue weighted by atomic mass is 35.5. The van der Waals surface area contributed by atoms with Crippen LogP contribution in [0.2, 0.25) is 5.02 Å². The molecule has 5 heteroatoms. The van der Waals surface area contributed by atoms with E-state index in [0.717, 1.165) is 12.0 Å². The van der Waals surface area contributed by atoms with Gasteiger partial charge in [-0.05, 0) is 51.8 Å². The second-order valence-electron chi connectivity index (χ2n) is 6.59. The zero-order valence-corrected chi connectivity index (χ0v) is 13.1. The highest BCUT2D eigenvalue weighted by Crippen LogP contribution is 2.47. The second kappa shape index (κ2) is 5.26. The van der Waals surface area contributed by atoms with E-state index in [-0.39, 0.29) is 28.2 Å². The molecule has 0 amide bonds. The molecule has 2 unspecified atom stereocenters. The molecule has 0 radical (unpaired) electrons. The average molecular weight is 301 g/mol. The Balaban J connectivity index is 2.35. The fraction of sp³-hybridized carbons (Fsp3) is 0.600. The van der Waals surface area contributed by atoms with Crippen LogP contribution in [-0.2, 0) is 4.74 Å². The van der Waals surface area contributed by atoms with Crippen molar-refractivity contribution in [1.82, 2.24) is 5.43 Å². The Hall–Kier alpha value is -0.680. The third-order valence-corrected chi connectivity index (χ3v) is 4.32. The van der Waals surface area contributed by atoms with E-state index in [2.05, 4.69) is 33.1 Å². The minimum absolute atomic E-state index is 0.110. The fourth-order valence-corrected chi connectivity index (χ4v) is 3.46. The van der Waals surface area contributed by atoms with Gasteiger partial charge in [-0.3, -0.25) is 11.3 Å². The van der Waals surface area contributed by atoms with Crippen molar-refractivity contribution in [2.45, 2.75) is 51.4 Å². The second-order valence-corrected chi connectivity index (χ2v) is 7.00. The summed E-state index contributed by atoms with van der Waals surface area (Å²) in [6.07, 6.45) is 0.865. The summed E-state index contributed by atoms with van der Waals surface area (Å²) in [6.45, 7) is 8.25. The lowest BCUT2D eigenvalue weighted by Crippen LogP contribution is -2.41. The molecular formula is C15H22ClFN2O. The molecule has 1 aliphatic heterocycles. The number of rotatable bonds is 3. The summed E-state index contributed by atoms with van der Waals surface area (Å²) in [6, 6.07) is 4.58. The molecule has 1 aromatic rings. The Morgan fingerprint density at radius 3 is 2.50 bits per heavy atom. The molecule has 1 fully saturated rings. The number of nitrogens with one attached hydrogen (secondary N) is 1. The monoisotopic (exact) mass is 300 g/mol. The summed E-state index contributed by atoms with van der Waals surface area (Å²) in [5.74, 6) is 5.49. The van der Waals surface area contributed by atoms with Crippen LogP contribution in [0.5, 0.6) is 0 Å². The van der Waals surface area contributed by atoms with Gasteiger partial charge in [-0.15, -0.1) is 0 Å². The van der Waals surface area contributed by atoms with Gasteiger partial charge in [0.1, 0.15) is 5.82 Å². The number of ether oxygens (including phenoxy) is 1. The highest BCUT2D eigenvalue weighted by molar-refractivity contribution is 6.30. The standard InChI is InChI=1S/C15H22ClFN2O/c1-14(2)8-10(15(3,4)20-14)13(19-18)9-5-6-12(17)11(16)7-9/h5-7,10,13,19H,8,18H2,1-4H3. The molecule has 1 aliphatic rings. The predicted octanol–water partition coefficient (Wildman–Crippen LogP) is 3.58. The summed E-state index contributed by atoms with van der Waals surface area (Å²) in [5, 5.41) is 0.110. The van der Waals surface area contributed by atoms with E-state index in [1.54, 1.807) is 12.1 Å². The average Bonchev–Trinajstić information content (AvgIpc) is 2.53. The number of hydrogen-bond acceptors (Lipinski definition) is 3. The molecule has 3 N–H and O–H groups in total. The van der Waals surface area contributed by atoms with Gasteiger partial charge in [-0.25, -0.2) is 4.39 Å². The molecule has 0 aromatic heterocycles. The lowest BCUT2D eigenvalue weighted by molar-refractivity contribution is -0.0779. The Bertz CT molecular complexity index is 505. The lowest BCUT2D eigenvalue weighted by Gasteiger charge is -2.33. The quantitative estimate of drug-likeness (QED) is 0.662. The largest absolute Gasteiger partial charge is 0.369 e. The molecule has 0 bridgehead atoms. The number of nitrogens with two attached hydrogens (primary N) is 1. The highest BCUT2D eigenvalue weighted by Gasteiger charge is 2.49. The van der Waals surface area contributed by atoms with Crippen molar-refractivity contribution in [1.29, 1.82) is 0 Å². The molecule has 2 atom stereocenters. The van der Waals surface area contributed by atoms with E-state index in [0.29, 0.717) is 0 Å². The minimum Gasteiger partial charge on any atom is -0.369 e. The molecule has 3 nitrogen and oxygen atoms in total. The van der Waals surface area contributed by atoms with Crippen LogP contribution in [0, 0.1) is 11.7 Å². The van der Waals surface area contributed by atoms with Crippen LogP contribution in [0.15, 0.2) is 18.2 Å². The van der Waals surface area contributed by atoms with Crippen molar-refractivity contribution in [2.24, 2.45) is 11.8 Å². The van der Waals surface area contributed by atoms with Crippen LogP contribution < -0.4 is 11.3 Å².